The van der Waals surface area contributed by atoms with Crippen LogP contribution >= 0.6 is 0 Å². The zero-order chi connectivity index (χ0) is 19.0. The first kappa shape index (κ1) is 18.1. The van der Waals surface area contributed by atoms with E-state index in [4.69, 9.17) is 9.72 Å². The number of imidazole rings is 1. The average Bonchev–Trinajstić information content (AvgIpc) is 3.20. The molecule has 0 aliphatic rings. The van der Waals surface area contributed by atoms with Crippen LogP contribution in [0.5, 0.6) is 0 Å². The average molecular weight is 369 g/mol. The van der Waals surface area contributed by atoms with Gasteiger partial charge in [-0.3, -0.25) is 4.98 Å². The van der Waals surface area contributed by atoms with Crippen LogP contribution in [0.2, 0.25) is 0 Å². The molecule has 4 rings (SSSR count). The summed E-state index contributed by atoms with van der Waals surface area (Å²) in [6.07, 6.45) is 5.37. The molecule has 4 heteroatoms. The number of benzene rings is 2. The highest BCUT2D eigenvalue weighted by Crippen LogP contribution is 2.30. The van der Waals surface area contributed by atoms with Crippen molar-refractivity contribution in [1.82, 2.24) is 15.0 Å². The van der Waals surface area contributed by atoms with E-state index in [0.29, 0.717) is 13.2 Å². The van der Waals surface area contributed by atoms with Crippen LogP contribution in [0.3, 0.4) is 0 Å². The summed E-state index contributed by atoms with van der Waals surface area (Å²) in [4.78, 5) is 12.5. The highest BCUT2D eigenvalue weighted by Gasteiger charge is 2.13. The van der Waals surface area contributed by atoms with Crippen molar-refractivity contribution in [3.63, 3.8) is 0 Å². The van der Waals surface area contributed by atoms with E-state index in [2.05, 4.69) is 46.4 Å². The molecule has 2 aromatic carbocycles. The van der Waals surface area contributed by atoms with Gasteiger partial charge in [0.2, 0.25) is 0 Å². The first-order valence-electron chi connectivity index (χ1n) is 9.56. The molecule has 4 aromatic rings. The molecule has 0 unspecified atom stereocenters. The fraction of sp³-hybridized carbons (Fsp3) is 0.167. The second kappa shape index (κ2) is 9.11. The summed E-state index contributed by atoms with van der Waals surface area (Å²) in [5, 5.41) is 0. The normalized spacial score (nSPS) is 10.9. The zero-order valence-electron chi connectivity index (χ0n) is 15.7. The van der Waals surface area contributed by atoms with Gasteiger partial charge in [-0.25, -0.2) is 4.98 Å². The zero-order valence-corrected chi connectivity index (χ0v) is 15.7. The standard InChI is InChI=1S/C24H23N3O/c1-3-10-20(11-4-1)23-24(21-12-5-2-6-13-21)27-22(26-23)14-8-16-28-18-19-9-7-15-25-17-19/h1-7,9-13,15,17H,8,14,16,18H2,(H,26,27). The minimum atomic E-state index is 0.594. The molecule has 1 N–H and O–H groups in total. The van der Waals surface area contributed by atoms with Crippen molar-refractivity contribution in [3.8, 4) is 22.5 Å². The Bertz CT molecular complexity index is 925. The van der Waals surface area contributed by atoms with Crippen molar-refractivity contribution in [2.24, 2.45) is 0 Å². The number of nitrogens with zero attached hydrogens (tertiary/aromatic N) is 2. The number of aromatic amines is 1. The summed E-state index contributed by atoms with van der Waals surface area (Å²) in [6.45, 7) is 1.29. The molecular formula is C24H23N3O. The molecule has 0 spiro atoms. The number of H-pyrrole nitrogens is 1. The molecule has 0 bridgehead atoms. The van der Waals surface area contributed by atoms with Crippen molar-refractivity contribution in [1.29, 1.82) is 0 Å². The van der Waals surface area contributed by atoms with E-state index in [1.54, 1.807) is 6.20 Å². The Morgan fingerprint density at radius 2 is 1.57 bits per heavy atom. The van der Waals surface area contributed by atoms with Crippen LogP contribution in [0, 0.1) is 0 Å². The lowest BCUT2D eigenvalue weighted by Gasteiger charge is -2.03. The number of ether oxygens (including phenoxy) is 1. The second-order valence-electron chi connectivity index (χ2n) is 6.66. The first-order chi connectivity index (χ1) is 13.9. The van der Waals surface area contributed by atoms with E-state index in [0.717, 1.165) is 46.7 Å². The Hall–Kier alpha value is -3.24. The molecule has 0 saturated heterocycles. The Kier molecular flexibility index (Phi) is 5.90. The maximum atomic E-state index is 5.77. The van der Waals surface area contributed by atoms with Gasteiger partial charge in [0, 0.05) is 36.5 Å². The summed E-state index contributed by atoms with van der Waals surface area (Å²) in [5.41, 5.74) is 5.43. The van der Waals surface area contributed by atoms with Crippen molar-refractivity contribution < 1.29 is 4.74 Å². The Morgan fingerprint density at radius 3 is 2.29 bits per heavy atom. The number of nitrogens with one attached hydrogen (secondary N) is 1. The molecular weight excluding hydrogens is 346 g/mol. The molecule has 0 amide bonds. The fourth-order valence-electron chi connectivity index (χ4n) is 3.17. The summed E-state index contributed by atoms with van der Waals surface area (Å²) in [7, 11) is 0. The largest absolute Gasteiger partial charge is 0.377 e. The number of pyridine rings is 1. The Morgan fingerprint density at radius 1 is 0.821 bits per heavy atom. The third-order valence-electron chi connectivity index (χ3n) is 4.56. The SMILES string of the molecule is c1ccc(-c2nc(CCCOCc3cccnc3)[nH]c2-c2ccccc2)cc1. The molecule has 0 aliphatic carbocycles. The molecule has 28 heavy (non-hydrogen) atoms. The number of rotatable bonds is 8. The number of aryl methyl sites for hydroxylation is 1. The molecule has 0 atom stereocenters. The van der Waals surface area contributed by atoms with Crippen LogP contribution in [0.1, 0.15) is 17.8 Å². The molecule has 0 saturated carbocycles. The predicted molar refractivity (Wildman–Crippen MR) is 112 cm³/mol. The maximum absolute atomic E-state index is 5.77. The fourth-order valence-corrected chi connectivity index (χ4v) is 3.17. The minimum absolute atomic E-state index is 0.594. The van der Waals surface area contributed by atoms with Crippen LogP contribution < -0.4 is 0 Å². The topological polar surface area (TPSA) is 50.8 Å². The number of hydrogen-bond donors (Lipinski definition) is 1. The Labute approximate surface area is 165 Å². The van der Waals surface area contributed by atoms with Gasteiger partial charge in [-0.05, 0) is 18.1 Å². The van der Waals surface area contributed by atoms with Gasteiger partial charge in [-0.2, -0.15) is 0 Å². The first-order valence-corrected chi connectivity index (χ1v) is 9.56. The predicted octanol–water partition coefficient (Wildman–Crippen LogP) is 5.29. The van der Waals surface area contributed by atoms with Gasteiger partial charge in [-0.15, -0.1) is 0 Å². The number of hydrogen-bond acceptors (Lipinski definition) is 3. The van der Waals surface area contributed by atoms with Crippen molar-refractivity contribution in [2.45, 2.75) is 19.4 Å². The molecule has 2 heterocycles. The molecule has 0 aliphatic heterocycles. The Balaban J connectivity index is 1.44. The molecule has 2 aromatic heterocycles. The lowest BCUT2D eigenvalue weighted by molar-refractivity contribution is 0.118. The van der Waals surface area contributed by atoms with Crippen LogP contribution in [-0.2, 0) is 17.8 Å². The lowest BCUT2D eigenvalue weighted by Crippen LogP contribution is -1.98. The molecule has 0 fully saturated rings. The molecule has 0 radical (unpaired) electrons. The molecule has 140 valence electrons. The van der Waals surface area contributed by atoms with E-state index in [9.17, 15) is 0 Å². The summed E-state index contributed by atoms with van der Waals surface area (Å²) >= 11 is 0. The van der Waals surface area contributed by atoms with Gasteiger partial charge in [0.1, 0.15) is 5.82 Å². The van der Waals surface area contributed by atoms with Crippen LogP contribution in [0.4, 0.5) is 0 Å². The van der Waals surface area contributed by atoms with E-state index < -0.39 is 0 Å². The van der Waals surface area contributed by atoms with Crippen molar-refractivity contribution >= 4 is 0 Å². The van der Waals surface area contributed by atoms with Gasteiger partial charge >= 0.3 is 0 Å². The van der Waals surface area contributed by atoms with E-state index in [1.807, 2.05) is 42.6 Å². The number of aromatic nitrogens is 3. The van der Waals surface area contributed by atoms with Crippen LogP contribution in [0.15, 0.2) is 85.2 Å². The van der Waals surface area contributed by atoms with Crippen LogP contribution in [0.25, 0.3) is 22.5 Å². The van der Waals surface area contributed by atoms with E-state index in [1.165, 1.54) is 0 Å². The third kappa shape index (κ3) is 4.53. The highest BCUT2D eigenvalue weighted by atomic mass is 16.5. The highest BCUT2D eigenvalue weighted by molar-refractivity contribution is 5.78. The molecule has 4 nitrogen and oxygen atoms in total. The van der Waals surface area contributed by atoms with E-state index >= 15 is 0 Å². The monoisotopic (exact) mass is 369 g/mol. The summed E-state index contributed by atoms with van der Waals surface area (Å²) in [6, 6.07) is 24.6. The quantitative estimate of drug-likeness (QED) is 0.429. The van der Waals surface area contributed by atoms with Gasteiger partial charge in [-0.1, -0.05) is 66.7 Å². The van der Waals surface area contributed by atoms with Gasteiger partial charge in [0.15, 0.2) is 0 Å². The minimum Gasteiger partial charge on any atom is -0.377 e. The van der Waals surface area contributed by atoms with Crippen molar-refractivity contribution in [3.05, 3.63) is 96.6 Å². The van der Waals surface area contributed by atoms with Gasteiger partial charge < -0.3 is 9.72 Å². The van der Waals surface area contributed by atoms with Gasteiger partial charge in [0.05, 0.1) is 18.0 Å². The summed E-state index contributed by atoms with van der Waals surface area (Å²) < 4.78 is 5.77. The lowest BCUT2D eigenvalue weighted by atomic mass is 10.1. The van der Waals surface area contributed by atoms with Gasteiger partial charge in [0.25, 0.3) is 0 Å². The summed E-state index contributed by atoms with van der Waals surface area (Å²) in [5.74, 6) is 0.989. The second-order valence-corrected chi connectivity index (χ2v) is 6.66. The third-order valence-corrected chi connectivity index (χ3v) is 4.56. The maximum Gasteiger partial charge on any atom is 0.107 e. The van der Waals surface area contributed by atoms with E-state index in [-0.39, 0.29) is 0 Å². The smallest absolute Gasteiger partial charge is 0.107 e. The van der Waals surface area contributed by atoms with Crippen molar-refractivity contribution in [2.75, 3.05) is 6.61 Å². The van der Waals surface area contributed by atoms with Crippen LogP contribution in [-0.4, -0.2) is 21.6 Å².